The van der Waals surface area contributed by atoms with Gasteiger partial charge in [0.15, 0.2) is 0 Å². The molecule has 0 unspecified atom stereocenters. The molecule has 0 saturated heterocycles. The quantitative estimate of drug-likeness (QED) is 0.260. The average molecular weight is 191 g/mol. The maximum absolute atomic E-state index is 10.1. The third kappa shape index (κ3) is 3.45. The molecule has 0 bridgehead atoms. The molecule has 0 aliphatic rings. The fraction of sp³-hybridized carbons (Fsp3) is 0. The first-order valence-electron chi connectivity index (χ1n) is 2.93. The molecule has 13 heavy (non-hydrogen) atoms. The standard InChI is InChI=1S/C5H4N4O3.Na/c10-8-7-5-2-1-4(3-6-5)9(11)12;/h1-3H,(H,6,7,10);/q;+1. The van der Waals surface area contributed by atoms with Crippen LogP contribution in [0.5, 0.6) is 0 Å². The van der Waals surface area contributed by atoms with Gasteiger partial charge in [0.2, 0.25) is 0 Å². The van der Waals surface area contributed by atoms with E-state index in [4.69, 9.17) is 0 Å². The third-order valence-corrected chi connectivity index (χ3v) is 1.12. The monoisotopic (exact) mass is 191 g/mol. The summed E-state index contributed by atoms with van der Waals surface area (Å²) in [5.41, 5.74) is 1.88. The van der Waals surface area contributed by atoms with Crippen LogP contribution in [0, 0.1) is 15.0 Å². The summed E-state index contributed by atoms with van der Waals surface area (Å²) in [4.78, 5) is 22.8. The molecule has 1 aromatic rings. The fourth-order valence-electron chi connectivity index (χ4n) is 0.607. The zero-order valence-corrected chi connectivity index (χ0v) is 8.80. The number of nitro groups is 1. The summed E-state index contributed by atoms with van der Waals surface area (Å²) in [6, 6.07) is 2.51. The van der Waals surface area contributed by atoms with Gasteiger partial charge in [0.25, 0.3) is 5.69 Å². The Balaban J connectivity index is 0.00000144. The number of aromatic nitrogens is 1. The molecule has 8 heteroatoms. The largest absolute Gasteiger partial charge is 1.00 e. The molecule has 0 aliphatic heterocycles. The van der Waals surface area contributed by atoms with Crippen molar-refractivity contribution in [2.45, 2.75) is 0 Å². The molecule has 0 fully saturated rings. The number of pyridine rings is 1. The van der Waals surface area contributed by atoms with Gasteiger partial charge in [0.05, 0.1) is 10.2 Å². The van der Waals surface area contributed by atoms with Gasteiger partial charge in [-0.2, -0.15) is 0 Å². The molecule has 0 aliphatic carbocycles. The van der Waals surface area contributed by atoms with Crippen LogP contribution in [0.4, 0.5) is 11.5 Å². The van der Waals surface area contributed by atoms with Crippen molar-refractivity contribution < 1.29 is 34.5 Å². The van der Waals surface area contributed by atoms with Crippen LogP contribution in [0.25, 0.3) is 0 Å². The summed E-state index contributed by atoms with van der Waals surface area (Å²) in [5.74, 6) is 0.176. The number of hydrogen-bond donors (Lipinski definition) is 1. The molecule has 0 atom stereocenters. The van der Waals surface area contributed by atoms with Crippen molar-refractivity contribution in [3.8, 4) is 0 Å². The Morgan fingerprint density at radius 3 is 2.62 bits per heavy atom. The number of anilines is 1. The van der Waals surface area contributed by atoms with Gasteiger partial charge >= 0.3 is 29.6 Å². The molecule has 0 saturated carbocycles. The predicted octanol–water partition coefficient (Wildman–Crippen LogP) is -1.91. The second-order valence-electron chi connectivity index (χ2n) is 1.86. The van der Waals surface area contributed by atoms with Crippen molar-refractivity contribution in [3.05, 3.63) is 33.4 Å². The van der Waals surface area contributed by atoms with Gasteiger partial charge in [-0.1, -0.05) is 0 Å². The average Bonchev–Trinajstić information content (AvgIpc) is 2.06. The van der Waals surface area contributed by atoms with Gasteiger partial charge in [-0.15, -0.1) is 4.91 Å². The summed E-state index contributed by atoms with van der Waals surface area (Å²) >= 11 is 0. The minimum atomic E-state index is -0.578. The molecule has 1 N–H and O–H groups in total. The summed E-state index contributed by atoms with van der Waals surface area (Å²) in [6.07, 6.45) is 1.04. The van der Waals surface area contributed by atoms with Crippen molar-refractivity contribution in [1.29, 1.82) is 0 Å². The van der Waals surface area contributed by atoms with Crippen LogP contribution in [0.15, 0.2) is 23.6 Å². The van der Waals surface area contributed by atoms with Gasteiger partial charge in [-0.3, -0.25) is 10.1 Å². The van der Waals surface area contributed by atoms with Crippen LogP contribution in [0.2, 0.25) is 0 Å². The van der Waals surface area contributed by atoms with Gasteiger partial charge < -0.3 is 0 Å². The van der Waals surface area contributed by atoms with Crippen molar-refractivity contribution in [2.24, 2.45) is 5.29 Å². The van der Waals surface area contributed by atoms with Crippen molar-refractivity contribution in [1.82, 2.24) is 4.98 Å². The Morgan fingerprint density at radius 1 is 1.54 bits per heavy atom. The zero-order valence-electron chi connectivity index (χ0n) is 6.80. The summed E-state index contributed by atoms with van der Waals surface area (Å²) in [5, 5.41) is 12.5. The van der Waals surface area contributed by atoms with E-state index in [9.17, 15) is 15.0 Å². The van der Waals surface area contributed by atoms with E-state index in [-0.39, 0.29) is 41.1 Å². The van der Waals surface area contributed by atoms with Crippen molar-refractivity contribution >= 4 is 11.5 Å². The minimum Gasteiger partial charge on any atom is -0.258 e. The number of nitroso groups, excluding NO2 is 1. The second kappa shape index (κ2) is 5.57. The fourth-order valence-corrected chi connectivity index (χ4v) is 0.607. The van der Waals surface area contributed by atoms with Gasteiger partial charge in [-0.25, -0.2) is 10.4 Å². The SMILES string of the molecule is O=NNc1ccc([N+](=O)[O-])cn1.[Na+]. The van der Waals surface area contributed by atoms with E-state index in [1.165, 1.54) is 12.1 Å². The predicted molar refractivity (Wildman–Crippen MR) is 40.3 cm³/mol. The number of hydrogen-bond acceptors (Lipinski definition) is 5. The van der Waals surface area contributed by atoms with Gasteiger partial charge in [0.1, 0.15) is 12.0 Å². The van der Waals surface area contributed by atoms with E-state index in [0.29, 0.717) is 0 Å². The smallest absolute Gasteiger partial charge is 0.258 e. The van der Waals surface area contributed by atoms with Crippen LogP contribution in [-0.2, 0) is 0 Å². The zero-order chi connectivity index (χ0) is 8.97. The minimum absolute atomic E-state index is 0. The second-order valence-corrected chi connectivity index (χ2v) is 1.86. The van der Waals surface area contributed by atoms with Gasteiger partial charge in [0, 0.05) is 6.07 Å². The molecular formula is C5H4N4NaO3+. The summed E-state index contributed by atoms with van der Waals surface area (Å²) in [7, 11) is 0. The van der Waals surface area contributed by atoms with E-state index in [0.717, 1.165) is 6.20 Å². The maximum Gasteiger partial charge on any atom is 1.00 e. The van der Waals surface area contributed by atoms with Crippen LogP contribution < -0.4 is 35.0 Å². The summed E-state index contributed by atoms with van der Waals surface area (Å²) in [6.45, 7) is 0. The Bertz CT molecular complexity index is 301. The first kappa shape index (κ1) is 11.9. The molecule has 0 spiro atoms. The molecular weight excluding hydrogens is 187 g/mol. The van der Waals surface area contributed by atoms with E-state index < -0.39 is 4.92 Å². The van der Waals surface area contributed by atoms with Crippen LogP contribution in [-0.4, -0.2) is 9.91 Å². The first-order valence-corrected chi connectivity index (χ1v) is 2.93. The normalized spacial score (nSPS) is 8.31. The Morgan fingerprint density at radius 2 is 2.23 bits per heavy atom. The van der Waals surface area contributed by atoms with Crippen molar-refractivity contribution in [2.75, 3.05) is 5.43 Å². The Kier molecular flexibility index (Phi) is 5.12. The van der Waals surface area contributed by atoms with Gasteiger partial charge in [-0.05, 0) is 6.07 Å². The Labute approximate surface area is 94.9 Å². The molecule has 1 aromatic heterocycles. The topological polar surface area (TPSA) is 97.5 Å². The van der Waals surface area contributed by atoms with E-state index in [1.54, 1.807) is 0 Å². The number of nitrogens with one attached hydrogen (secondary N) is 1. The van der Waals surface area contributed by atoms with E-state index >= 15 is 0 Å². The molecule has 0 amide bonds. The third-order valence-electron chi connectivity index (χ3n) is 1.12. The molecule has 62 valence electrons. The van der Waals surface area contributed by atoms with E-state index in [2.05, 4.69) is 10.3 Å². The van der Waals surface area contributed by atoms with E-state index in [1.807, 2.05) is 5.43 Å². The first-order chi connectivity index (χ1) is 5.74. The molecule has 1 rings (SSSR count). The summed E-state index contributed by atoms with van der Waals surface area (Å²) < 4.78 is 0. The molecule has 1 heterocycles. The number of rotatable bonds is 3. The van der Waals surface area contributed by atoms with Crippen LogP contribution >= 0.6 is 0 Å². The molecule has 7 nitrogen and oxygen atoms in total. The van der Waals surface area contributed by atoms with Crippen LogP contribution in [0.3, 0.4) is 0 Å². The molecule has 0 radical (unpaired) electrons. The number of nitrogens with zero attached hydrogens (tertiary/aromatic N) is 3. The van der Waals surface area contributed by atoms with Crippen LogP contribution in [0.1, 0.15) is 0 Å². The maximum atomic E-state index is 10.1. The van der Waals surface area contributed by atoms with Crippen molar-refractivity contribution in [3.63, 3.8) is 0 Å². The Hall–Kier alpha value is -1.05. The molecule has 0 aromatic carbocycles.